The Bertz CT molecular complexity index is 1100. The van der Waals surface area contributed by atoms with Crippen LogP contribution in [0.3, 0.4) is 0 Å². The SMILES string of the molecule is COC(=O)c1ccc(COc2cccc(/C=N/n3c(C(F)(F)F)n[nH]c3=S)c2)o1. The number of hydrogen-bond acceptors (Lipinski definition) is 7. The van der Waals surface area contributed by atoms with E-state index in [9.17, 15) is 18.0 Å². The van der Waals surface area contributed by atoms with Gasteiger partial charge in [0.25, 0.3) is 5.82 Å². The number of aromatic nitrogens is 3. The highest BCUT2D eigenvalue weighted by atomic mass is 32.1. The van der Waals surface area contributed by atoms with Gasteiger partial charge in [0.2, 0.25) is 10.5 Å². The summed E-state index contributed by atoms with van der Waals surface area (Å²) in [5.41, 5.74) is 0.466. The van der Waals surface area contributed by atoms with Crippen molar-refractivity contribution in [2.75, 3.05) is 7.11 Å². The van der Waals surface area contributed by atoms with Crippen LogP contribution < -0.4 is 4.74 Å². The lowest BCUT2D eigenvalue weighted by molar-refractivity contribution is -0.147. The molecule has 0 aliphatic heterocycles. The third kappa shape index (κ3) is 4.90. The summed E-state index contributed by atoms with van der Waals surface area (Å²) in [6, 6.07) is 9.49. The molecule has 152 valence electrons. The van der Waals surface area contributed by atoms with Crippen LogP contribution in [0.15, 0.2) is 45.9 Å². The first-order valence-corrected chi connectivity index (χ1v) is 8.37. The second kappa shape index (κ2) is 8.31. The lowest BCUT2D eigenvalue weighted by atomic mass is 10.2. The number of alkyl halides is 3. The average molecular weight is 426 g/mol. The van der Waals surface area contributed by atoms with Gasteiger partial charge in [0.05, 0.1) is 13.3 Å². The monoisotopic (exact) mass is 426 g/mol. The molecule has 0 amide bonds. The largest absolute Gasteiger partial charge is 0.486 e. The number of methoxy groups -OCH3 is 1. The summed E-state index contributed by atoms with van der Waals surface area (Å²) in [6.07, 6.45) is -3.52. The number of aromatic amines is 1. The number of carbonyl (C=O) groups is 1. The summed E-state index contributed by atoms with van der Waals surface area (Å²) >= 11 is 4.77. The van der Waals surface area contributed by atoms with Crippen LogP contribution >= 0.6 is 12.2 Å². The molecule has 0 saturated heterocycles. The molecular weight excluding hydrogens is 413 g/mol. The predicted octanol–water partition coefficient (Wildman–Crippen LogP) is 3.80. The Kier molecular flexibility index (Phi) is 5.82. The van der Waals surface area contributed by atoms with Crippen molar-refractivity contribution in [1.82, 2.24) is 14.9 Å². The molecule has 2 aromatic heterocycles. The summed E-state index contributed by atoms with van der Waals surface area (Å²) < 4.78 is 54.3. The van der Waals surface area contributed by atoms with Crippen LogP contribution in [0.2, 0.25) is 0 Å². The number of halogens is 3. The summed E-state index contributed by atoms with van der Waals surface area (Å²) in [5.74, 6) is -1.01. The van der Waals surface area contributed by atoms with Crippen molar-refractivity contribution >= 4 is 24.4 Å². The second-order valence-electron chi connectivity index (χ2n) is 5.53. The maximum absolute atomic E-state index is 12.9. The maximum Gasteiger partial charge on any atom is 0.453 e. The number of benzene rings is 1. The Labute approximate surface area is 166 Å². The third-order valence-corrected chi connectivity index (χ3v) is 3.78. The van der Waals surface area contributed by atoms with E-state index in [4.69, 9.17) is 21.4 Å². The minimum atomic E-state index is -4.71. The number of nitrogens with zero attached hydrogens (tertiary/aromatic N) is 3. The van der Waals surface area contributed by atoms with Crippen molar-refractivity contribution in [3.63, 3.8) is 0 Å². The Balaban J connectivity index is 1.71. The van der Waals surface area contributed by atoms with Crippen LogP contribution in [0.25, 0.3) is 0 Å². The summed E-state index contributed by atoms with van der Waals surface area (Å²) in [4.78, 5) is 11.4. The number of carbonyl (C=O) groups excluding carboxylic acids is 1. The number of hydrogen-bond donors (Lipinski definition) is 1. The van der Waals surface area contributed by atoms with E-state index in [1.54, 1.807) is 30.3 Å². The molecule has 0 radical (unpaired) electrons. The highest BCUT2D eigenvalue weighted by Gasteiger charge is 2.37. The zero-order valence-electron chi connectivity index (χ0n) is 14.8. The lowest BCUT2D eigenvalue weighted by Gasteiger charge is -2.06. The van der Waals surface area contributed by atoms with E-state index in [1.165, 1.54) is 19.4 Å². The molecule has 3 aromatic rings. The van der Waals surface area contributed by atoms with Gasteiger partial charge in [0.1, 0.15) is 18.1 Å². The molecule has 1 N–H and O–H groups in total. The third-order valence-electron chi connectivity index (χ3n) is 3.51. The average Bonchev–Trinajstić information content (AvgIpc) is 3.31. The first-order chi connectivity index (χ1) is 13.8. The van der Waals surface area contributed by atoms with E-state index >= 15 is 0 Å². The number of esters is 1. The first-order valence-electron chi connectivity index (χ1n) is 7.97. The van der Waals surface area contributed by atoms with Crippen LogP contribution in [0.1, 0.15) is 27.7 Å². The molecule has 29 heavy (non-hydrogen) atoms. The van der Waals surface area contributed by atoms with Gasteiger partial charge in [0, 0.05) is 0 Å². The molecular formula is C17H13F3N4O4S. The van der Waals surface area contributed by atoms with Gasteiger partial charge in [-0.3, -0.25) is 0 Å². The van der Waals surface area contributed by atoms with E-state index in [0.717, 1.165) is 0 Å². The van der Waals surface area contributed by atoms with E-state index in [2.05, 4.69) is 20.0 Å². The molecule has 1 aromatic carbocycles. The van der Waals surface area contributed by atoms with Gasteiger partial charge in [-0.05, 0) is 42.0 Å². The Morgan fingerprint density at radius 1 is 1.38 bits per heavy atom. The van der Waals surface area contributed by atoms with Crippen molar-refractivity contribution < 1.29 is 31.9 Å². The van der Waals surface area contributed by atoms with E-state index in [-0.39, 0.29) is 17.1 Å². The summed E-state index contributed by atoms with van der Waals surface area (Å²) in [6.45, 7) is 0.0304. The lowest BCUT2D eigenvalue weighted by Crippen LogP contribution is -2.12. The maximum atomic E-state index is 12.9. The molecule has 0 aliphatic carbocycles. The summed E-state index contributed by atoms with van der Waals surface area (Å²) in [5, 5.41) is 8.94. The molecule has 12 heteroatoms. The van der Waals surface area contributed by atoms with Gasteiger partial charge in [0.15, 0.2) is 0 Å². The first kappa shape index (κ1) is 20.3. The minimum absolute atomic E-state index is 0.0304. The van der Waals surface area contributed by atoms with Crippen molar-refractivity contribution in [3.8, 4) is 5.75 Å². The summed E-state index contributed by atoms with van der Waals surface area (Å²) in [7, 11) is 1.24. The predicted molar refractivity (Wildman–Crippen MR) is 96.2 cm³/mol. The van der Waals surface area contributed by atoms with Crippen LogP contribution in [-0.2, 0) is 17.5 Å². The second-order valence-corrected chi connectivity index (χ2v) is 5.91. The Morgan fingerprint density at radius 3 is 2.90 bits per heavy atom. The van der Waals surface area contributed by atoms with Crippen LogP contribution in [-0.4, -0.2) is 34.2 Å². The van der Waals surface area contributed by atoms with Gasteiger partial charge in [-0.1, -0.05) is 12.1 Å². The van der Waals surface area contributed by atoms with Crippen molar-refractivity contribution in [2.45, 2.75) is 12.8 Å². The highest BCUT2D eigenvalue weighted by Crippen LogP contribution is 2.27. The molecule has 0 aliphatic rings. The quantitative estimate of drug-likeness (QED) is 0.366. The van der Waals surface area contributed by atoms with Gasteiger partial charge in [-0.15, -0.1) is 5.10 Å². The number of rotatable bonds is 6. The fourth-order valence-electron chi connectivity index (χ4n) is 2.21. The molecule has 0 spiro atoms. The molecule has 0 fully saturated rings. The van der Waals surface area contributed by atoms with Gasteiger partial charge in [-0.25, -0.2) is 9.89 Å². The van der Waals surface area contributed by atoms with Crippen molar-refractivity contribution in [3.05, 3.63) is 64.1 Å². The standard InChI is InChI=1S/C17H13F3N4O4S/c1-26-14(25)13-6-5-12(28-13)9-27-11-4-2-3-10(7-11)8-21-24-15(17(18,19)20)22-23-16(24)29/h2-8H,9H2,1H3,(H,23,29)/b21-8+. The zero-order valence-corrected chi connectivity index (χ0v) is 15.6. The van der Waals surface area contributed by atoms with Gasteiger partial charge < -0.3 is 13.9 Å². The minimum Gasteiger partial charge on any atom is -0.486 e. The van der Waals surface area contributed by atoms with E-state index in [0.29, 0.717) is 21.7 Å². The van der Waals surface area contributed by atoms with Crippen LogP contribution in [0.5, 0.6) is 5.75 Å². The Morgan fingerprint density at radius 2 is 2.17 bits per heavy atom. The smallest absolute Gasteiger partial charge is 0.453 e. The van der Waals surface area contributed by atoms with Crippen molar-refractivity contribution in [1.29, 1.82) is 0 Å². The van der Waals surface area contributed by atoms with Gasteiger partial charge in [-0.2, -0.15) is 22.9 Å². The molecule has 0 unspecified atom stereocenters. The van der Waals surface area contributed by atoms with Crippen LogP contribution in [0.4, 0.5) is 13.2 Å². The molecule has 3 rings (SSSR count). The van der Waals surface area contributed by atoms with Gasteiger partial charge >= 0.3 is 12.1 Å². The zero-order chi connectivity index (χ0) is 21.0. The Hall–Kier alpha value is -3.41. The fourth-order valence-corrected chi connectivity index (χ4v) is 2.39. The molecule has 8 nitrogen and oxygen atoms in total. The molecule has 0 bridgehead atoms. The number of nitrogens with one attached hydrogen (secondary N) is 1. The molecule has 0 atom stereocenters. The topological polar surface area (TPSA) is 94.6 Å². The fraction of sp³-hybridized carbons (Fsp3) is 0.176. The molecule has 0 saturated carbocycles. The van der Waals surface area contributed by atoms with E-state index in [1.807, 2.05) is 0 Å². The normalized spacial score (nSPS) is 11.7. The number of ether oxygens (including phenoxy) is 2. The highest BCUT2D eigenvalue weighted by molar-refractivity contribution is 7.71. The molecule has 2 heterocycles. The van der Waals surface area contributed by atoms with E-state index < -0.39 is 18.0 Å². The van der Waals surface area contributed by atoms with Crippen LogP contribution in [0, 0.1) is 4.77 Å². The number of furan rings is 1. The number of H-pyrrole nitrogens is 1. The van der Waals surface area contributed by atoms with Crippen molar-refractivity contribution in [2.24, 2.45) is 5.10 Å².